The molecule has 0 bridgehead atoms. The zero-order valence-corrected chi connectivity index (χ0v) is 12.7. The van der Waals surface area contributed by atoms with Crippen molar-refractivity contribution in [2.75, 3.05) is 0 Å². The first-order valence-corrected chi connectivity index (χ1v) is 7.57. The highest BCUT2D eigenvalue weighted by atomic mass is 79.9. The lowest BCUT2D eigenvalue weighted by Gasteiger charge is -2.05. The lowest BCUT2D eigenvalue weighted by Crippen LogP contribution is -1.98. The number of rotatable bonds is 3. The standard InChI is InChI=1S/C13H11BrN2O2S/c1-7-9-3-2-4-11(9)16-13(15-7)19-12-10(14)5-8(6-17)18-12/h5-6H,2-4H2,1H3. The summed E-state index contributed by atoms with van der Waals surface area (Å²) in [6.45, 7) is 2.02. The predicted octanol–water partition coefficient (Wildman–Crippen LogP) is 3.59. The maximum atomic E-state index is 10.7. The van der Waals surface area contributed by atoms with Gasteiger partial charge in [-0.1, -0.05) is 0 Å². The molecule has 0 aromatic carbocycles. The van der Waals surface area contributed by atoms with Crippen LogP contribution in [0, 0.1) is 6.92 Å². The molecular formula is C13H11BrN2O2S. The summed E-state index contributed by atoms with van der Waals surface area (Å²) >= 11 is 4.70. The highest BCUT2D eigenvalue weighted by molar-refractivity contribution is 9.10. The number of hydrogen-bond acceptors (Lipinski definition) is 5. The fraction of sp³-hybridized carbons (Fsp3) is 0.308. The van der Waals surface area contributed by atoms with Crippen LogP contribution in [0.5, 0.6) is 0 Å². The molecular weight excluding hydrogens is 328 g/mol. The van der Waals surface area contributed by atoms with Gasteiger partial charge in [-0.25, -0.2) is 9.97 Å². The molecule has 98 valence electrons. The Morgan fingerprint density at radius 2 is 2.26 bits per heavy atom. The van der Waals surface area contributed by atoms with Gasteiger partial charge >= 0.3 is 0 Å². The van der Waals surface area contributed by atoms with Gasteiger partial charge in [0.05, 0.1) is 4.47 Å². The van der Waals surface area contributed by atoms with Crippen molar-refractivity contribution in [2.24, 2.45) is 0 Å². The molecule has 0 saturated carbocycles. The molecule has 0 spiro atoms. The van der Waals surface area contributed by atoms with Crippen LogP contribution in [0.1, 0.15) is 33.9 Å². The quantitative estimate of drug-likeness (QED) is 0.632. The molecule has 4 nitrogen and oxygen atoms in total. The molecule has 2 aromatic heterocycles. The minimum atomic E-state index is 0.298. The fourth-order valence-electron chi connectivity index (χ4n) is 2.22. The average Bonchev–Trinajstić information content (AvgIpc) is 2.97. The van der Waals surface area contributed by atoms with Crippen molar-refractivity contribution in [3.63, 3.8) is 0 Å². The minimum Gasteiger partial charge on any atom is -0.445 e. The van der Waals surface area contributed by atoms with Gasteiger partial charge in [0.2, 0.25) is 0 Å². The Bertz CT molecular complexity index is 654. The normalized spacial score (nSPS) is 13.6. The van der Waals surface area contributed by atoms with Crippen LogP contribution in [0.15, 0.2) is 25.2 Å². The van der Waals surface area contributed by atoms with Gasteiger partial charge in [-0.15, -0.1) is 0 Å². The van der Waals surface area contributed by atoms with E-state index in [0.717, 1.165) is 35.1 Å². The first-order valence-electron chi connectivity index (χ1n) is 5.96. The van der Waals surface area contributed by atoms with E-state index in [9.17, 15) is 4.79 Å². The number of aromatic nitrogens is 2. The molecule has 3 rings (SSSR count). The van der Waals surface area contributed by atoms with Crippen LogP contribution < -0.4 is 0 Å². The first kappa shape index (κ1) is 12.9. The summed E-state index contributed by atoms with van der Waals surface area (Å²) in [5.74, 6) is 0.298. The highest BCUT2D eigenvalue weighted by Crippen LogP contribution is 2.35. The van der Waals surface area contributed by atoms with Crippen molar-refractivity contribution in [3.8, 4) is 0 Å². The molecule has 0 saturated heterocycles. The summed E-state index contributed by atoms with van der Waals surface area (Å²) in [5.41, 5.74) is 3.48. The molecule has 0 atom stereocenters. The van der Waals surface area contributed by atoms with E-state index in [1.165, 1.54) is 17.3 Å². The van der Waals surface area contributed by atoms with E-state index in [4.69, 9.17) is 4.42 Å². The Balaban J connectivity index is 1.93. The second kappa shape index (κ2) is 5.09. The molecule has 6 heteroatoms. The molecule has 0 unspecified atom stereocenters. The van der Waals surface area contributed by atoms with Gasteiger partial charge < -0.3 is 4.42 Å². The van der Waals surface area contributed by atoms with Crippen LogP contribution in [-0.4, -0.2) is 16.3 Å². The van der Waals surface area contributed by atoms with Crippen molar-refractivity contribution >= 4 is 34.0 Å². The van der Waals surface area contributed by atoms with E-state index in [1.54, 1.807) is 6.07 Å². The van der Waals surface area contributed by atoms with E-state index < -0.39 is 0 Å². The Morgan fingerprint density at radius 1 is 1.42 bits per heavy atom. The van der Waals surface area contributed by atoms with Gasteiger partial charge in [0.15, 0.2) is 22.3 Å². The van der Waals surface area contributed by atoms with Crippen molar-refractivity contribution in [1.29, 1.82) is 0 Å². The molecule has 1 aliphatic rings. The van der Waals surface area contributed by atoms with Gasteiger partial charge in [0.25, 0.3) is 0 Å². The molecule has 1 aliphatic carbocycles. The van der Waals surface area contributed by atoms with E-state index >= 15 is 0 Å². The second-order valence-electron chi connectivity index (χ2n) is 4.37. The minimum absolute atomic E-state index is 0.298. The van der Waals surface area contributed by atoms with Crippen LogP contribution in [0.2, 0.25) is 0 Å². The number of furan rings is 1. The average molecular weight is 339 g/mol. The smallest absolute Gasteiger partial charge is 0.195 e. The SMILES string of the molecule is Cc1nc(Sc2oc(C=O)cc2Br)nc2c1CCC2. The number of aryl methyl sites for hydroxylation is 2. The summed E-state index contributed by atoms with van der Waals surface area (Å²) in [4.78, 5) is 19.7. The molecule has 2 aromatic rings. The summed E-state index contributed by atoms with van der Waals surface area (Å²) < 4.78 is 6.15. The Hall–Kier alpha value is -1.14. The molecule has 0 N–H and O–H groups in total. The van der Waals surface area contributed by atoms with Crippen LogP contribution in [0.25, 0.3) is 0 Å². The monoisotopic (exact) mass is 338 g/mol. The molecule has 0 radical (unpaired) electrons. The van der Waals surface area contributed by atoms with Gasteiger partial charge in [0, 0.05) is 17.5 Å². The maximum Gasteiger partial charge on any atom is 0.195 e. The van der Waals surface area contributed by atoms with E-state index in [0.29, 0.717) is 22.3 Å². The summed E-state index contributed by atoms with van der Waals surface area (Å²) in [6, 6.07) is 1.65. The Labute approximate surface area is 123 Å². The van der Waals surface area contributed by atoms with E-state index in [-0.39, 0.29) is 0 Å². The third-order valence-electron chi connectivity index (χ3n) is 3.09. The van der Waals surface area contributed by atoms with Crippen LogP contribution in [0.3, 0.4) is 0 Å². The molecule has 0 fully saturated rings. The molecule has 19 heavy (non-hydrogen) atoms. The highest BCUT2D eigenvalue weighted by Gasteiger charge is 2.19. The largest absolute Gasteiger partial charge is 0.445 e. The number of carbonyl (C=O) groups excluding carboxylic acids is 1. The molecule has 2 heterocycles. The summed E-state index contributed by atoms with van der Waals surface area (Å²) in [6.07, 6.45) is 3.93. The number of nitrogens with zero attached hydrogens (tertiary/aromatic N) is 2. The number of halogens is 1. The number of carbonyl (C=O) groups is 1. The zero-order valence-electron chi connectivity index (χ0n) is 10.3. The predicted molar refractivity (Wildman–Crippen MR) is 74.7 cm³/mol. The Morgan fingerprint density at radius 3 is 3.00 bits per heavy atom. The van der Waals surface area contributed by atoms with Crippen LogP contribution >= 0.6 is 27.7 Å². The Kier molecular flexibility index (Phi) is 3.45. The van der Waals surface area contributed by atoms with E-state index in [2.05, 4.69) is 25.9 Å². The van der Waals surface area contributed by atoms with Crippen molar-refractivity contribution in [1.82, 2.24) is 9.97 Å². The third-order valence-corrected chi connectivity index (χ3v) is 4.80. The van der Waals surface area contributed by atoms with Gasteiger partial charge in [-0.3, -0.25) is 4.79 Å². The lowest BCUT2D eigenvalue weighted by molar-refractivity contribution is 0.109. The third kappa shape index (κ3) is 2.47. The van der Waals surface area contributed by atoms with Crippen molar-refractivity contribution in [3.05, 3.63) is 33.3 Å². The van der Waals surface area contributed by atoms with Crippen molar-refractivity contribution < 1.29 is 9.21 Å². The lowest BCUT2D eigenvalue weighted by atomic mass is 10.2. The number of hydrogen-bond donors (Lipinski definition) is 0. The molecule has 0 amide bonds. The summed E-state index contributed by atoms with van der Waals surface area (Å²) in [5, 5.41) is 1.28. The first-order chi connectivity index (χ1) is 9.17. The number of fused-ring (bicyclic) bond motifs is 1. The van der Waals surface area contributed by atoms with Crippen LogP contribution in [0.4, 0.5) is 0 Å². The summed E-state index contributed by atoms with van der Waals surface area (Å²) in [7, 11) is 0. The maximum absolute atomic E-state index is 10.7. The van der Waals surface area contributed by atoms with E-state index in [1.807, 2.05) is 6.92 Å². The topological polar surface area (TPSA) is 56.0 Å². The fourth-order valence-corrected chi connectivity index (χ4v) is 3.57. The van der Waals surface area contributed by atoms with Gasteiger partial charge in [-0.05, 0) is 59.4 Å². The van der Waals surface area contributed by atoms with Crippen LogP contribution in [-0.2, 0) is 12.8 Å². The molecule has 0 aliphatic heterocycles. The van der Waals surface area contributed by atoms with Crippen molar-refractivity contribution in [2.45, 2.75) is 36.4 Å². The number of aldehydes is 1. The zero-order chi connectivity index (χ0) is 13.4. The van der Waals surface area contributed by atoms with Gasteiger partial charge in [0.1, 0.15) is 0 Å². The van der Waals surface area contributed by atoms with Gasteiger partial charge in [-0.2, -0.15) is 0 Å². The second-order valence-corrected chi connectivity index (χ2v) is 6.17.